The highest BCUT2D eigenvalue weighted by Crippen LogP contribution is 2.37. The van der Waals surface area contributed by atoms with E-state index in [0.29, 0.717) is 42.5 Å². The first-order valence-corrected chi connectivity index (χ1v) is 12.8. The Hall–Kier alpha value is -3.66. The molecule has 10 heteroatoms. The van der Waals surface area contributed by atoms with Crippen LogP contribution in [0, 0.1) is 0 Å². The van der Waals surface area contributed by atoms with E-state index in [1.807, 2.05) is 52.5 Å². The Morgan fingerprint density at radius 1 is 1.17 bits per heavy atom. The summed E-state index contributed by atoms with van der Waals surface area (Å²) in [5, 5.41) is 19.6. The Morgan fingerprint density at radius 2 is 2.06 bits per heavy atom. The average molecular weight is 520 g/mol. The SMILES string of the molecule is O=C(NCCn1ccc2ncnc(Nc3ccc(Oc4cccc5sccc45)c(Cl)c3)c21)C1(O)CC1. The Bertz CT molecular complexity index is 1590. The molecule has 1 fully saturated rings. The van der Waals surface area contributed by atoms with Gasteiger partial charge in [0.05, 0.1) is 10.5 Å². The van der Waals surface area contributed by atoms with Gasteiger partial charge in [-0.15, -0.1) is 11.3 Å². The molecule has 182 valence electrons. The third-order valence-corrected chi connectivity index (χ3v) is 7.38. The number of hydrogen-bond donors (Lipinski definition) is 3. The van der Waals surface area contributed by atoms with Crippen LogP contribution in [0.15, 0.2) is 66.4 Å². The minimum absolute atomic E-state index is 0.319. The first kappa shape index (κ1) is 22.8. The number of aliphatic hydroxyl groups is 1. The van der Waals surface area contributed by atoms with Gasteiger partial charge < -0.3 is 25.0 Å². The van der Waals surface area contributed by atoms with Crippen LogP contribution in [0.5, 0.6) is 11.5 Å². The predicted molar refractivity (Wildman–Crippen MR) is 141 cm³/mol. The number of carbonyl (C=O) groups is 1. The highest BCUT2D eigenvalue weighted by Gasteiger charge is 2.47. The number of thiophene rings is 1. The largest absolute Gasteiger partial charge is 0.455 e. The maximum Gasteiger partial charge on any atom is 0.252 e. The van der Waals surface area contributed by atoms with Gasteiger partial charge in [0.15, 0.2) is 5.82 Å². The second-order valence-electron chi connectivity index (χ2n) is 8.71. The molecule has 5 aromatic rings. The summed E-state index contributed by atoms with van der Waals surface area (Å²) in [6.07, 6.45) is 4.43. The Morgan fingerprint density at radius 3 is 2.89 bits per heavy atom. The number of aromatic nitrogens is 3. The number of halogens is 1. The second kappa shape index (κ2) is 9.09. The molecule has 3 heterocycles. The summed E-state index contributed by atoms with van der Waals surface area (Å²) in [5.74, 6) is 1.61. The first-order chi connectivity index (χ1) is 17.5. The van der Waals surface area contributed by atoms with Crippen molar-refractivity contribution < 1.29 is 14.6 Å². The van der Waals surface area contributed by atoms with E-state index in [-0.39, 0.29) is 5.91 Å². The zero-order valence-electron chi connectivity index (χ0n) is 19.1. The molecule has 3 N–H and O–H groups in total. The number of hydrogen-bond acceptors (Lipinski definition) is 7. The van der Waals surface area contributed by atoms with Crippen molar-refractivity contribution >= 4 is 61.5 Å². The molecule has 36 heavy (non-hydrogen) atoms. The molecule has 0 spiro atoms. The van der Waals surface area contributed by atoms with Gasteiger partial charge in [0.25, 0.3) is 5.91 Å². The van der Waals surface area contributed by atoms with Crippen LogP contribution < -0.4 is 15.4 Å². The molecule has 0 aliphatic heterocycles. The highest BCUT2D eigenvalue weighted by atomic mass is 35.5. The predicted octanol–water partition coefficient (Wildman–Crippen LogP) is 5.48. The van der Waals surface area contributed by atoms with Crippen LogP contribution in [0.2, 0.25) is 5.02 Å². The summed E-state index contributed by atoms with van der Waals surface area (Å²) in [6.45, 7) is 0.892. The van der Waals surface area contributed by atoms with Crippen LogP contribution >= 0.6 is 22.9 Å². The minimum atomic E-state index is -1.18. The van der Waals surface area contributed by atoms with Crippen molar-refractivity contribution in [3.05, 3.63) is 71.5 Å². The number of rotatable bonds is 8. The van der Waals surface area contributed by atoms with Gasteiger partial charge >= 0.3 is 0 Å². The van der Waals surface area contributed by atoms with Gasteiger partial charge in [0.1, 0.15) is 28.9 Å². The normalized spacial score (nSPS) is 14.2. The molecule has 0 unspecified atom stereocenters. The standard InChI is InChI=1S/C26H22ClN5O3S/c27-18-14-16(4-5-21(18)35-20-2-1-3-22-17(20)7-13-36-22)31-24-23-19(29-15-30-24)6-11-32(23)12-10-28-25(33)26(34)8-9-26/h1-7,11,13-15,34H,8-10,12H2,(H,28,33)(H,29,30,31). The van der Waals surface area contributed by atoms with Crippen molar-refractivity contribution in [3.8, 4) is 11.5 Å². The van der Waals surface area contributed by atoms with Gasteiger partial charge in [0.2, 0.25) is 0 Å². The Balaban J connectivity index is 1.20. The summed E-state index contributed by atoms with van der Waals surface area (Å²) < 4.78 is 9.24. The lowest BCUT2D eigenvalue weighted by molar-refractivity contribution is -0.131. The number of nitrogens with zero attached hydrogens (tertiary/aromatic N) is 3. The van der Waals surface area contributed by atoms with Gasteiger partial charge in [-0.05, 0) is 60.7 Å². The van der Waals surface area contributed by atoms with Crippen molar-refractivity contribution in [2.45, 2.75) is 25.0 Å². The number of nitrogens with one attached hydrogen (secondary N) is 2. The summed E-state index contributed by atoms with van der Waals surface area (Å²) in [5.41, 5.74) is 1.14. The average Bonchev–Trinajstić information content (AvgIpc) is 3.27. The van der Waals surface area contributed by atoms with E-state index in [1.165, 1.54) is 6.33 Å². The van der Waals surface area contributed by atoms with Gasteiger partial charge in [-0.25, -0.2) is 9.97 Å². The molecule has 1 aliphatic rings. The van der Waals surface area contributed by atoms with Gasteiger partial charge in [-0.2, -0.15) is 0 Å². The molecule has 0 atom stereocenters. The van der Waals surface area contributed by atoms with E-state index in [0.717, 1.165) is 32.6 Å². The molecule has 2 aromatic carbocycles. The highest BCUT2D eigenvalue weighted by molar-refractivity contribution is 7.17. The van der Waals surface area contributed by atoms with E-state index in [1.54, 1.807) is 17.4 Å². The molecule has 1 saturated carbocycles. The van der Waals surface area contributed by atoms with E-state index in [9.17, 15) is 9.90 Å². The maximum atomic E-state index is 12.0. The fourth-order valence-corrected chi connectivity index (χ4v) is 5.10. The molecule has 3 aromatic heterocycles. The van der Waals surface area contributed by atoms with Gasteiger partial charge in [-0.1, -0.05) is 17.7 Å². The number of benzene rings is 2. The number of amides is 1. The Kier molecular flexibility index (Phi) is 5.75. The topological polar surface area (TPSA) is 101 Å². The second-order valence-corrected chi connectivity index (χ2v) is 10.1. The number of carbonyl (C=O) groups excluding carboxylic acids is 1. The van der Waals surface area contributed by atoms with Crippen LogP contribution in [0.1, 0.15) is 12.8 Å². The molecule has 0 radical (unpaired) electrons. The molecule has 0 bridgehead atoms. The molecular weight excluding hydrogens is 498 g/mol. The molecule has 1 amide bonds. The molecule has 0 saturated heterocycles. The van der Waals surface area contributed by atoms with Crippen LogP contribution in [0.4, 0.5) is 11.5 Å². The van der Waals surface area contributed by atoms with Crippen molar-refractivity contribution in [2.24, 2.45) is 0 Å². The summed E-state index contributed by atoms with van der Waals surface area (Å²) in [7, 11) is 0. The molecule has 1 aliphatic carbocycles. The van der Waals surface area contributed by atoms with Crippen LogP contribution in [0.3, 0.4) is 0 Å². The van der Waals surface area contributed by atoms with Crippen molar-refractivity contribution in [1.82, 2.24) is 19.9 Å². The lowest BCUT2D eigenvalue weighted by Crippen LogP contribution is -2.37. The zero-order chi connectivity index (χ0) is 24.7. The number of fused-ring (bicyclic) bond motifs is 2. The third-order valence-electron chi connectivity index (χ3n) is 6.21. The van der Waals surface area contributed by atoms with Crippen LogP contribution in [-0.2, 0) is 11.3 Å². The smallest absolute Gasteiger partial charge is 0.252 e. The van der Waals surface area contributed by atoms with Gasteiger partial charge in [0, 0.05) is 35.1 Å². The Labute approximate surface area is 215 Å². The summed E-state index contributed by atoms with van der Waals surface area (Å²) >= 11 is 8.24. The monoisotopic (exact) mass is 519 g/mol. The van der Waals surface area contributed by atoms with Crippen molar-refractivity contribution in [2.75, 3.05) is 11.9 Å². The van der Waals surface area contributed by atoms with Crippen LogP contribution in [0.25, 0.3) is 21.1 Å². The third kappa shape index (κ3) is 4.37. The number of anilines is 2. The summed E-state index contributed by atoms with van der Waals surface area (Å²) in [6, 6.07) is 15.4. The maximum absolute atomic E-state index is 12.0. The lowest BCUT2D eigenvalue weighted by Gasteiger charge is -2.14. The van der Waals surface area contributed by atoms with Gasteiger partial charge in [-0.3, -0.25) is 4.79 Å². The number of ether oxygens (including phenoxy) is 1. The molecule has 6 rings (SSSR count). The summed E-state index contributed by atoms with van der Waals surface area (Å²) in [4.78, 5) is 20.8. The minimum Gasteiger partial charge on any atom is -0.455 e. The molecular formula is C26H22ClN5O3S. The van der Waals surface area contributed by atoms with E-state index < -0.39 is 5.60 Å². The fourth-order valence-electron chi connectivity index (χ4n) is 4.08. The first-order valence-electron chi connectivity index (χ1n) is 11.5. The van der Waals surface area contributed by atoms with E-state index in [4.69, 9.17) is 16.3 Å². The van der Waals surface area contributed by atoms with Crippen molar-refractivity contribution in [1.29, 1.82) is 0 Å². The van der Waals surface area contributed by atoms with Crippen molar-refractivity contribution in [3.63, 3.8) is 0 Å². The quantitative estimate of drug-likeness (QED) is 0.251. The lowest BCUT2D eigenvalue weighted by atomic mass is 10.2. The van der Waals surface area contributed by atoms with E-state index in [2.05, 4.69) is 26.7 Å². The fraction of sp³-hybridized carbons (Fsp3) is 0.192. The van der Waals surface area contributed by atoms with Crippen LogP contribution in [-0.4, -0.2) is 37.7 Å². The zero-order valence-corrected chi connectivity index (χ0v) is 20.6. The molecule has 8 nitrogen and oxygen atoms in total. The van der Waals surface area contributed by atoms with E-state index >= 15 is 0 Å².